The second-order valence-electron chi connectivity index (χ2n) is 4.31. The van der Waals surface area contributed by atoms with E-state index in [2.05, 4.69) is 31.2 Å². The summed E-state index contributed by atoms with van der Waals surface area (Å²) in [6.45, 7) is 2.14. The first kappa shape index (κ1) is 9.72. The predicted octanol–water partition coefficient (Wildman–Crippen LogP) is 3.36. The highest BCUT2D eigenvalue weighted by Crippen LogP contribution is 2.36. The van der Waals surface area contributed by atoms with E-state index in [0.29, 0.717) is 0 Å². The van der Waals surface area contributed by atoms with Crippen LogP contribution in [0.1, 0.15) is 55.7 Å². The Labute approximate surface area is 86.3 Å². The molecule has 14 heavy (non-hydrogen) atoms. The summed E-state index contributed by atoms with van der Waals surface area (Å²) in [5, 5.41) is 0. The van der Waals surface area contributed by atoms with Crippen LogP contribution in [-0.2, 0) is 0 Å². The highest BCUT2D eigenvalue weighted by atomic mass is 14.6. The smallest absolute Gasteiger partial charge is 0.0292 e. The molecular weight excluding hydrogens is 170 g/mol. The van der Waals surface area contributed by atoms with E-state index in [1.165, 1.54) is 30.4 Å². The Kier molecular flexibility index (Phi) is 2.87. The second-order valence-corrected chi connectivity index (χ2v) is 4.31. The summed E-state index contributed by atoms with van der Waals surface area (Å²) in [7, 11) is 0. The largest absolute Gasteiger partial charge is 0.324 e. The molecule has 1 aromatic carbocycles. The Morgan fingerprint density at radius 2 is 2.21 bits per heavy atom. The van der Waals surface area contributed by atoms with Gasteiger partial charge in [-0.05, 0) is 36.3 Å². The molecule has 0 saturated heterocycles. The first-order valence-electron chi connectivity index (χ1n) is 5.66. The molecule has 0 heterocycles. The van der Waals surface area contributed by atoms with Crippen LogP contribution in [0.4, 0.5) is 0 Å². The lowest BCUT2D eigenvalue weighted by Gasteiger charge is -2.26. The molecule has 0 spiro atoms. The van der Waals surface area contributed by atoms with E-state index in [1.807, 2.05) is 0 Å². The van der Waals surface area contributed by atoms with Gasteiger partial charge in [0.15, 0.2) is 0 Å². The Bertz CT molecular complexity index is 282. The minimum atomic E-state index is 0.218. The monoisotopic (exact) mass is 189 g/mol. The molecule has 1 heteroatoms. The van der Waals surface area contributed by atoms with Gasteiger partial charge >= 0.3 is 0 Å². The number of hydrogen-bond donors (Lipinski definition) is 1. The lowest BCUT2D eigenvalue weighted by atomic mass is 9.79. The summed E-state index contributed by atoms with van der Waals surface area (Å²) in [6, 6.07) is 9.07. The van der Waals surface area contributed by atoms with Crippen molar-refractivity contribution in [2.75, 3.05) is 0 Å². The molecule has 1 unspecified atom stereocenters. The van der Waals surface area contributed by atoms with Crippen molar-refractivity contribution in [1.82, 2.24) is 0 Å². The molecule has 0 radical (unpaired) electrons. The Morgan fingerprint density at radius 1 is 1.43 bits per heavy atom. The van der Waals surface area contributed by atoms with Crippen molar-refractivity contribution >= 4 is 0 Å². The van der Waals surface area contributed by atoms with Gasteiger partial charge in [-0.2, -0.15) is 0 Å². The molecule has 0 aromatic heterocycles. The zero-order valence-corrected chi connectivity index (χ0v) is 8.87. The van der Waals surface area contributed by atoms with Gasteiger partial charge in [-0.1, -0.05) is 37.6 Å². The van der Waals surface area contributed by atoms with Gasteiger partial charge in [0.2, 0.25) is 0 Å². The number of benzene rings is 1. The van der Waals surface area contributed by atoms with Crippen molar-refractivity contribution in [2.45, 2.75) is 44.6 Å². The summed E-state index contributed by atoms with van der Waals surface area (Å²) in [5.74, 6) is 0.819. The first-order chi connectivity index (χ1) is 6.81. The first-order valence-corrected chi connectivity index (χ1v) is 5.66. The Balaban J connectivity index is 2.17. The van der Waals surface area contributed by atoms with Crippen molar-refractivity contribution in [2.24, 2.45) is 5.73 Å². The van der Waals surface area contributed by atoms with Crippen LogP contribution in [0.5, 0.6) is 0 Å². The molecule has 1 saturated carbocycles. The highest BCUT2D eigenvalue weighted by molar-refractivity contribution is 5.29. The van der Waals surface area contributed by atoms with Crippen LogP contribution >= 0.6 is 0 Å². The van der Waals surface area contributed by atoms with E-state index in [4.69, 9.17) is 5.73 Å². The van der Waals surface area contributed by atoms with Gasteiger partial charge in [0.05, 0.1) is 0 Å². The average molecular weight is 189 g/mol. The molecule has 1 fully saturated rings. The molecule has 1 aliphatic rings. The van der Waals surface area contributed by atoms with Crippen molar-refractivity contribution in [3.8, 4) is 0 Å². The van der Waals surface area contributed by atoms with E-state index in [1.54, 1.807) is 0 Å². The van der Waals surface area contributed by atoms with Gasteiger partial charge in [0, 0.05) is 6.04 Å². The molecule has 76 valence electrons. The van der Waals surface area contributed by atoms with Crippen LogP contribution in [0.25, 0.3) is 0 Å². The summed E-state index contributed by atoms with van der Waals surface area (Å²) in [6.07, 6.45) is 5.15. The zero-order valence-electron chi connectivity index (χ0n) is 8.87. The van der Waals surface area contributed by atoms with Crippen molar-refractivity contribution in [3.63, 3.8) is 0 Å². The van der Waals surface area contributed by atoms with Crippen LogP contribution in [-0.4, -0.2) is 0 Å². The lowest BCUT2D eigenvalue weighted by molar-refractivity contribution is 0.419. The molecule has 2 rings (SSSR count). The zero-order chi connectivity index (χ0) is 9.97. The molecule has 1 aromatic rings. The van der Waals surface area contributed by atoms with E-state index in [0.717, 1.165) is 12.3 Å². The summed E-state index contributed by atoms with van der Waals surface area (Å²) in [5.41, 5.74) is 8.82. The van der Waals surface area contributed by atoms with Gasteiger partial charge in [-0.15, -0.1) is 0 Å². The van der Waals surface area contributed by atoms with Gasteiger partial charge in [0.1, 0.15) is 0 Å². The summed E-state index contributed by atoms with van der Waals surface area (Å²) in [4.78, 5) is 0. The Hall–Kier alpha value is -0.820. The van der Waals surface area contributed by atoms with Gasteiger partial charge in [0.25, 0.3) is 0 Å². The summed E-state index contributed by atoms with van der Waals surface area (Å²) < 4.78 is 0. The maximum Gasteiger partial charge on any atom is 0.0292 e. The van der Waals surface area contributed by atoms with E-state index >= 15 is 0 Å². The molecule has 1 atom stereocenters. The fraction of sp³-hybridized carbons (Fsp3) is 0.538. The number of rotatable bonds is 3. The molecule has 0 amide bonds. The van der Waals surface area contributed by atoms with Gasteiger partial charge in [-0.25, -0.2) is 0 Å². The molecule has 1 nitrogen and oxygen atoms in total. The maximum atomic E-state index is 6.02. The summed E-state index contributed by atoms with van der Waals surface area (Å²) >= 11 is 0. The normalized spacial score (nSPS) is 19.0. The quantitative estimate of drug-likeness (QED) is 0.775. The van der Waals surface area contributed by atoms with Crippen molar-refractivity contribution in [3.05, 3.63) is 35.4 Å². The van der Waals surface area contributed by atoms with Crippen LogP contribution in [0.3, 0.4) is 0 Å². The molecule has 0 bridgehead atoms. The fourth-order valence-electron chi connectivity index (χ4n) is 2.02. The highest BCUT2D eigenvalue weighted by Gasteiger charge is 2.19. The standard InChI is InChI=1S/C13H19N/c1-2-13(14)12-8-4-7-11(9-12)10-5-3-6-10/h4,7-10,13H,2-3,5-6,14H2,1H3. The third kappa shape index (κ3) is 1.83. The van der Waals surface area contributed by atoms with E-state index in [-0.39, 0.29) is 6.04 Å². The molecule has 2 N–H and O–H groups in total. The number of nitrogens with two attached hydrogens (primary N) is 1. The Morgan fingerprint density at radius 3 is 2.79 bits per heavy atom. The van der Waals surface area contributed by atoms with Crippen LogP contribution in [0, 0.1) is 0 Å². The average Bonchev–Trinajstić information content (AvgIpc) is 2.14. The minimum absolute atomic E-state index is 0.218. The lowest BCUT2D eigenvalue weighted by Crippen LogP contribution is -2.12. The van der Waals surface area contributed by atoms with Crippen LogP contribution in [0.2, 0.25) is 0 Å². The van der Waals surface area contributed by atoms with Crippen molar-refractivity contribution in [1.29, 1.82) is 0 Å². The number of hydrogen-bond acceptors (Lipinski definition) is 1. The molecule has 0 aliphatic heterocycles. The fourth-order valence-corrected chi connectivity index (χ4v) is 2.02. The third-order valence-electron chi connectivity index (χ3n) is 3.36. The third-order valence-corrected chi connectivity index (χ3v) is 3.36. The second kappa shape index (κ2) is 4.14. The van der Waals surface area contributed by atoms with Crippen LogP contribution < -0.4 is 5.73 Å². The predicted molar refractivity (Wildman–Crippen MR) is 60.3 cm³/mol. The van der Waals surface area contributed by atoms with Gasteiger partial charge < -0.3 is 5.73 Å². The van der Waals surface area contributed by atoms with Crippen molar-refractivity contribution < 1.29 is 0 Å². The van der Waals surface area contributed by atoms with Gasteiger partial charge in [-0.3, -0.25) is 0 Å². The van der Waals surface area contributed by atoms with E-state index < -0.39 is 0 Å². The van der Waals surface area contributed by atoms with Crippen LogP contribution in [0.15, 0.2) is 24.3 Å². The molecule has 1 aliphatic carbocycles. The SMILES string of the molecule is CCC(N)c1cccc(C2CCC2)c1. The van der Waals surface area contributed by atoms with E-state index in [9.17, 15) is 0 Å². The molecular formula is C13H19N. The maximum absolute atomic E-state index is 6.02. The topological polar surface area (TPSA) is 26.0 Å². The minimum Gasteiger partial charge on any atom is -0.324 e.